The van der Waals surface area contributed by atoms with Crippen molar-refractivity contribution in [3.05, 3.63) is 30.3 Å². The zero-order chi connectivity index (χ0) is 9.38. The molecular formula is C9H6N4O. The molecule has 0 fully saturated rings. The van der Waals surface area contributed by atoms with E-state index < -0.39 is 0 Å². The summed E-state index contributed by atoms with van der Waals surface area (Å²) in [4.78, 5) is 0. The molecule has 3 rings (SSSR count). The molecule has 0 aliphatic rings. The Morgan fingerprint density at radius 2 is 2.14 bits per heavy atom. The minimum Gasteiger partial charge on any atom is -0.453 e. The van der Waals surface area contributed by atoms with Crippen LogP contribution < -0.4 is 0 Å². The molecule has 5 heteroatoms. The van der Waals surface area contributed by atoms with Crippen LogP contribution in [0.3, 0.4) is 0 Å². The maximum atomic E-state index is 5.53. The number of aromatic amines is 1. The Morgan fingerprint density at radius 3 is 2.93 bits per heavy atom. The lowest BCUT2D eigenvalue weighted by Gasteiger charge is -1.83. The lowest BCUT2D eigenvalue weighted by atomic mass is 10.2. The first kappa shape index (κ1) is 7.25. The average Bonchev–Trinajstić information content (AvgIpc) is 2.86. The normalized spacial score (nSPS) is 10.9. The van der Waals surface area contributed by atoms with E-state index in [1.807, 2.05) is 30.3 Å². The molecule has 5 nitrogen and oxygen atoms in total. The van der Waals surface area contributed by atoms with Gasteiger partial charge in [-0.3, -0.25) is 0 Å². The lowest BCUT2D eigenvalue weighted by molar-refractivity contribution is 0.625. The molecule has 0 bridgehead atoms. The van der Waals surface area contributed by atoms with Gasteiger partial charge in [-0.05, 0) is 17.3 Å². The Morgan fingerprint density at radius 1 is 1.21 bits per heavy atom. The highest BCUT2D eigenvalue weighted by atomic mass is 16.3. The SMILES string of the molecule is c1ccc2oc(-c3nn[nH]n3)cc2c1. The summed E-state index contributed by atoms with van der Waals surface area (Å²) in [7, 11) is 0. The number of H-pyrrole nitrogens is 1. The molecule has 2 aromatic heterocycles. The molecule has 0 amide bonds. The predicted octanol–water partition coefficient (Wildman–Crippen LogP) is 1.61. The molecule has 1 aromatic carbocycles. The number of nitrogens with one attached hydrogen (secondary N) is 1. The largest absolute Gasteiger partial charge is 0.453 e. The highest BCUT2D eigenvalue weighted by molar-refractivity contribution is 5.81. The summed E-state index contributed by atoms with van der Waals surface area (Å²) in [5.74, 6) is 1.10. The van der Waals surface area contributed by atoms with Crippen LogP contribution in [0.15, 0.2) is 34.7 Å². The van der Waals surface area contributed by atoms with Crippen molar-refractivity contribution in [2.75, 3.05) is 0 Å². The standard InChI is InChI=1S/C9H6N4O/c1-2-4-7-6(3-1)5-8(14-7)9-10-12-13-11-9/h1-5H,(H,10,11,12,13). The second kappa shape index (κ2) is 2.66. The van der Waals surface area contributed by atoms with E-state index in [1.54, 1.807) is 0 Å². The van der Waals surface area contributed by atoms with Crippen LogP contribution in [0.5, 0.6) is 0 Å². The summed E-state index contributed by atoms with van der Waals surface area (Å²) in [6, 6.07) is 9.64. The van der Waals surface area contributed by atoms with Crippen LogP contribution in [0.25, 0.3) is 22.6 Å². The van der Waals surface area contributed by atoms with E-state index in [9.17, 15) is 0 Å². The minimum atomic E-state index is 0.473. The first-order valence-corrected chi connectivity index (χ1v) is 4.16. The van der Waals surface area contributed by atoms with Gasteiger partial charge in [0.05, 0.1) is 0 Å². The number of tetrazole rings is 1. The summed E-state index contributed by atoms with van der Waals surface area (Å²) >= 11 is 0. The summed E-state index contributed by atoms with van der Waals surface area (Å²) in [5, 5.41) is 14.6. The quantitative estimate of drug-likeness (QED) is 0.626. The number of benzene rings is 1. The Bertz CT molecular complexity index is 522. The molecule has 0 aliphatic carbocycles. The van der Waals surface area contributed by atoms with Gasteiger partial charge in [0, 0.05) is 5.39 Å². The fourth-order valence-electron chi connectivity index (χ4n) is 1.36. The molecule has 3 aromatic rings. The molecule has 0 atom stereocenters. The second-order valence-electron chi connectivity index (χ2n) is 2.88. The maximum Gasteiger partial charge on any atom is 0.239 e. The number of nitrogens with zero attached hydrogens (tertiary/aromatic N) is 3. The van der Waals surface area contributed by atoms with Gasteiger partial charge in [-0.25, -0.2) is 0 Å². The third-order valence-corrected chi connectivity index (χ3v) is 1.99. The van der Waals surface area contributed by atoms with Gasteiger partial charge >= 0.3 is 0 Å². The maximum absolute atomic E-state index is 5.53. The summed E-state index contributed by atoms with van der Waals surface area (Å²) < 4.78 is 5.53. The fraction of sp³-hybridized carbons (Fsp3) is 0. The second-order valence-corrected chi connectivity index (χ2v) is 2.88. The molecule has 2 heterocycles. The van der Waals surface area contributed by atoms with Crippen molar-refractivity contribution in [2.24, 2.45) is 0 Å². The average molecular weight is 186 g/mol. The number of aromatic nitrogens is 4. The van der Waals surface area contributed by atoms with Gasteiger partial charge < -0.3 is 4.42 Å². The van der Waals surface area contributed by atoms with Crippen LogP contribution in [-0.4, -0.2) is 20.6 Å². The molecule has 0 radical (unpaired) electrons. The molecule has 0 unspecified atom stereocenters. The van der Waals surface area contributed by atoms with Crippen LogP contribution >= 0.6 is 0 Å². The highest BCUT2D eigenvalue weighted by Crippen LogP contribution is 2.24. The van der Waals surface area contributed by atoms with Gasteiger partial charge in [0.25, 0.3) is 0 Å². The number of furan rings is 1. The first-order chi connectivity index (χ1) is 6.93. The highest BCUT2D eigenvalue weighted by Gasteiger charge is 2.08. The van der Waals surface area contributed by atoms with E-state index in [0.717, 1.165) is 11.0 Å². The first-order valence-electron chi connectivity index (χ1n) is 4.16. The molecule has 0 saturated carbocycles. The Kier molecular flexibility index (Phi) is 1.38. The van der Waals surface area contributed by atoms with E-state index in [-0.39, 0.29) is 0 Å². The monoisotopic (exact) mass is 186 g/mol. The van der Waals surface area contributed by atoms with Gasteiger partial charge in [-0.1, -0.05) is 18.2 Å². The van der Waals surface area contributed by atoms with E-state index >= 15 is 0 Å². The zero-order valence-electron chi connectivity index (χ0n) is 7.14. The number of para-hydroxylation sites is 1. The molecule has 0 aliphatic heterocycles. The van der Waals surface area contributed by atoms with Gasteiger partial charge in [-0.2, -0.15) is 5.21 Å². The lowest BCUT2D eigenvalue weighted by Crippen LogP contribution is -1.75. The van der Waals surface area contributed by atoms with Crippen LogP contribution in [0, 0.1) is 0 Å². The number of hydrogen-bond acceptors (Lipinski definition) is 4. The van der Waals surface area contributed by atoms with Crippen LogP contribution in [-0.2, 0) is 0 Å². The third-order valence-electron chi connectivity index (χ3n) is 1.99. The van der Waals surface area contributed by atoms with Crippen molar-refractivity contribution in [1.29, 1.82) is 0 Å². The van der Waals surface area contributed by atoms with E-state index in [2.05, 4.69) is 20.6 Å². The predicted molar refractivity (Wildman–Crippen MR) is 49.4 cm³/mol. The Balaban J connectivity index is 2.24. The third kappa shape index (κ3) is 0.990. The van der Waals surface area contributed by atoms with E-state index in [0.29, 0.717) is 11.6 Å². The van der Waals surface area contributed by atoms with Crippen LogP contribution in [0.2, 0.25) is 0 Å². The number of hydrogen-bond donors (Lipinski definition) is 1. The summed E-state index contributed by atoms with van der Waals surface area (Å²) in [6.45, 7) is 0. The summed E-state index contributed by atoms with van der Waals surface area (Å²) in [5.41, 5.74) is 0.826. The van der Waals surface area contributed by atoms with Crippen molar-refractivity contribution >= 4 is 11.0 Å². The minimum absolute atomic E-state index is 0.473. The molecule has 68 valence electrons. The van der Waals surface area contributed by atoms with Gasteiger partial charge in [-0.15, -0.1) is 10.2 Å². The molecule has 1 N–H and O–H groups in total. The van der Waals surface area contributed by atoms with E-state index in [4.69, 9.17) is 4.42 Å². The van der Waals surface area contributed by atoms with Gasteiger partial charge in [0.2, 0.25) is 5.82 Å². The van der Waals surface area contributed by atoms with Crippen molar-refractivity contribution < 1.29 is 4.42 Å². The zero-order valence-corrected chi connectivity index (χ0v) is 7.14. The molecule has 0 saturated heterocycles. The Labute approximate surface area is 78.7 Å². The van der Waals surface area contributed by atoms with E-state index in [1.165, 1.54) is 0 Å². The Hall–Kier alpha value is -2.17. The topological polar surface area (TPSA) is 67.6 Å². The smallest absolute Gasteiger partial charge is 0.239 e. The molecular weight excluding hydrogens is 180 g/mol. The van der Waals surface area contributed by atoms with Gasteiger partial charge in [0.1, 0.15) is 5.58 Å². The van der Waals surface area contributed by atoms with Crippen molar-refractivity contribution in [3.63, 3.8) is 0 Å². The molecule has 14 heavy (non-hydrogen) atoms. The summed E-state index contributed by atoms with van der Waals surface area (Å²) in [6.07, 6.45) is 0. The number of fused-ring (bicyclic) bond motifs is 1. The van der Waals surface area contributed by atoms with Crippen LogP contribution in [0.4, 0.5) is 0 Å². The van der Waals surface area contributed by atoms with Crippen molar-refractivity contribution in [1.82, 2.24) is 20.6 Å². The molecule has 0 spiro atoms. The number of rotatable bonds is 1. The van der Waals surface area contributed by atoms with Gasteiger partial charge in [0.15, 0.2) is 5.76 Å². The van der Waals surface area contributed by atoms with Crippen molar-refractivity contribution in [3.8, 4) is 11.6 Å². The van der Waals surface area contributed by atoms with Crippen molar-refractivity contribution in [2.45, 2.75) is 0 Å². The van der Waals surface area contributed by atoms with Crippen LogP contribution in [0.1, 0.15) is 0 Å². The fourth-order valence-corrected chi connectivity index (χ4v) is 1.36.